The molecule has 0 fully saturated rings. The van der Waals surface area contributed by atoms with E-state index in [-0.39, 0.29) is 0 Å². The van der Waals surface area contributed by atoms with E-state index in [2.05, 4.69) is 44.8 Å². The van der Waals surface area contributed by atoms with Crippen LogP contribution in [-0.4, -0.2) is 6.04 Å². The van der Waals surface area contributed by atoms with E-state index >= 15 is 0 Å². The van der Waals surface area contributed by atoms with Crippen molar-refractivity contribution in [1.29, 1.82) is 0 Å². The second-order valence-electron chi connectivity index (χ2n) is 4.18. The molecule has 84 valence electrons. The van der Waals surface area contributed by atoms with Gasteiger partial charge < -0.3 is 5.32 Å². The van der Waals surface area contributed by atoms with Crippen LogP contribution in [0.15, 0.2) is 24.8 Å². The third kappa shape index (κ3) is 4.18. The van der Waals surface area contributed by atoms with Crippen LogP contribution < -0.4 is 5.32 Å². The Morgan fingerprint density at radius 1 is 1.47 bits per heavy atom. The van der Waals surface area contributed by atoms with Gasteiger partial charge in [0.2, 0.25) is 0 Å². The highest BCUT2D eigenvalue weighted by molar-refractivity contribution is 7.11. The molecule has 2 atom stereocenters. The predicted octanol–water partition coefficient (Wildman–Crippen LogP) is 3.75. The van der Waals surface area contributed by atoms with Gasteiger partial charge in [-0.05, 0) is 38.3 Å². The molecule has 0 radical (unpaired) electrons. The van der Waals surface area contributed by atoms with Gasteiger partial charge in [0.25, 0.3) is 0 Å². The zero-order valence-corrected chi connectivity index (χ0v) is 10.7. The number of thiophene rings is 1. The van der Waals surface area contributed by atoms with Crippen LogP contribution in [0.2, 0.25) is 0 Å². The number of hydrogen-bond donors (Lipinski definition) is 1. The highest BCUT2D eigenvalue weighted by Crippen LogP contribution is 2.15. The first kappa shape index (κ1) is 12.5. The number of hydrogen-bond acceptors (Lipinski definition) is 2. The molecule has 0 aliphatic carbocycles. The maximum atomic E-state index is 3.78. The summed E-state index contributed by atoms with van der Waals surface area (Å²) >= 11 is 1.87. The van der Waals surface area contributed by atoms with Gasteiger partial charge >= 0.3 is 0 Å². The predicted molar refractivity (Wildman–Crippen MR) is 69.3 cm³/mol. The average molecular weight is 223 g/mol. The number of allylic oxidation sites excluding steroid dienone is 1. The molecule has 1 nitrogen and oxygen atoms in total. The van der Waals surface area contributed by atoms with E-state index < -0.39 is 0 Å². The molecule has 1 heterocycles. The van der Waals surface area contributed by atoms with E-state index in [0.717, 1.165) is 13.0 Å². The lowest BCUT2D eigenvalue weighted by Gasteiger charge is -2.19. The SMILES string of the molecule is C=CCC(C)C(C)NCc1ccc(C)s1. The van der Waals surface area contributed by atoms with Gasteiger partial charge in [0.05, 0.1) is 0 Å². The maximum absolute atomic E-state index is 3.78. The topological polar surface area (TPSA) is 12.0 Å². The molecular formula is C13H21NS. The number of rotatable bonds is 6. The summed E-state index contributed by atoms with van der Waals surface area (Å²) in [5.74, 6) is 0.656. The minimum atomic E-state index is 0.547. The van der Waals surface area contributed by atoms with Gasteiger partial charge in [0.1, 0.15) is 0 Å². The van der Waals surface area contributed by atoms with Crippen molar-refractivity contribution in [2.24, 2.45) is 5.92 Å². The van der Waals surface area contributed by atoms with Crippen LogP contribution >= 0.6 is 11.3 Å². The first-order valence-electron chi connectivity index (χ1n) is 5.53. The molecule has 1 N–H and O–H groups in total. The third-order valence-electron chi connectivity index (χ3n) is 2.79. The fraction of sp³-hybridized carbons (Fsp3) is 0.538. The lowest BCUT2D eigenvalue weighted by molar-refractivity contribution is 0.403. The minimum absolute atomic E-state index is 0.547. The van der Waals surface area contributed by atoms with Crippen molar-refractivity contribution in [3.05, 3.63) is 34.5 Å². The Kier molecular flexibility index (Phi) is 5.06. The highest BCUT2D eigenvalue weighted by atomic mass is 32.1. The summed E-state index contributed by atoms with van der Waals surface area (Å²) in [6.45, 7) is 11.4. The molecule has 2 heteroatoms. The van der Waals surface area contributed by atoms with Gasteiger partial charge in [-0.2, -0.15) is 0 Å². The molecule has 1 rings (SSSR count). The van der Waals surface area contributed by atoms with Gasteiger partial charge in [-0.25, -0.2) is 0 Å². The molecule has 15 heavy (non-hydrogen) atoms. The van der Waals surface area contributed by atoms with E-state index in [4.69, 9.17) is 0 Å². The van der Waals surface area contributed by atoms with E-state index in [9.17, 15) is 0 Å². The first-order chi connectivity index (χ1) is 7.13. The Bertz CT molecular complexity index is 303. The summed E-state index contributed by atoms with van der Waals surface area (Å²) in [5, 5.41) is 3.56. The Labute approximate surface area is 97.2 Å². The van der Waals surface area contributed by atoms with Gasteiger partial charge in [-0.3, -0.25) is 0 Å². The summed E-state index contributed by atoms with van der Waals surface area (Å²) < 4.78 is 0. The van der Waals surface area contributed by atoms with E-state index in [1.54, 1.807) is 0 Å². The van der Waals surface area contributed by atoms with Crippen LogP contribution in [0.5, 0.6) is 0 Å². The second kappa shape index (κ2) is 6.09. The molecule has 0 aliphatic heterocycles. The van der Waals surface area contributed by atoms with Crippen molar-refractivity contribution in [2.75, 3.05) is 0 Å². The smallest absolute Gasteiger partial charge is 0.0302 e. The summed E-state index contributed by atoms with van der Waals surface area (Å²) in [6.07, 6.45) is 3.08. The van der Waals surface area contributed by atoms with Gasteiger partial charge in [-0.15, -0.1) is 17.9 Å². The fourth-order valence-corrected chi connectivity index (χ4v) is 2.35. The van der Waals surface area contributed by atoms with Gasteiger partial charge in [0, 0.05) is 22.3 Å². The van der Waals surface area contributed by atoms with Crippen molar-refractivity contribution in [3.8, 4) is 0 Å². The Hall–Kier alpha value is -0.600. The van der Waals surface area contributed by atoms with Crippen LogP contribution in [-0.2, 0) is 6.54 Å². The number of aryl methyl sites for hydroxylation is 1. The lowest BCUT2D eigenvalue weighted by Crippen LogP contribution is -2.31. The maximum Gasteiger partial charge on any atom is 0.0302 e. The average Bonchev–Trinajstić information content (AvgIpc) is 2.61. The lowest BCUT2D eigenvalue weighted by atomic mass is 10.00. The molecule has 2 unspecified atom stereocenters. The Morgan fingerprint density at radius 2 is 2.20 bits per heavy atom. The van der Waals surface area contributed by atoms with Crippen molar-refractivity contribution in [2.45, 2.75) is 39.8 Å². The summed E-state index contributed by atoms with van der Waals surface area (Å²) in [5.41, 5.74) is 0. The molecule has 1 aromatic rings. The molecule has 0 spiro atoms. The van der Waals surface area contributed by atoms with E-state index in [1.165, 1.54) is 9.75 Å². The van der Waals surface area contributed by atoms with E-state index in [0.29, 0.717) is 12.0 Å². The molecule has 0 saturated heterocycles. The molecule has 0 aromatic carbocycles. The van der Waals surface area contributed by atoms with Crippen LogP contribution in [0.4, 0.5) is 0 Å². The van der Waals surface area contributed by atoms with E-state index in [1.807, 2.05) is 17.4 Å². The second-order valence-corrected chi connectivity index (χ2v) is 5.56. The molecular weight excluding hydrogens is 202 g/mol. The van der Waals surface area contributed by atoms with Crippen molar-refractivity contribution >= 4 is 11.3 Å². The van der Waals surface area contributed by atoms with Crippen LogP contribution in [0, 0.1) is 12.8 Å². The monoisotopic (exact) mass is 223 g/mol. The zero-order chi connectivity index (χ0) is 11.3. The standard InChI is InChI=1S/C13H21NS/c1-5-6-10(2)12(4)14-9-13-8-7-11(3)15-13/h5,7-8,10,12,14H,1,6,9H2,2-4H3. The molecule has 0 amide bonds. The summed E-state index contributed by atoms with van der Waals surface area (Å²) in [7, 11) is 0. The summed E-state index contributed by atoms with van der Waals surface area (Å²) in [4.78, 5) is 2.81. The van der Waals surface area contributed by atoms with Crippen LogP contribution in [0.3, 0.4) is 0 Å². The van der Waals surface area contributed by atoms with Crippen molar-refractivity contribution in [3.63, 3.8) is 0 Å². The van der Waals surface area contributed by atoms with Gasteiger partial charge in [-0.1, -0.05) is 13.0 Å². The van der Waals surface area contributed by atoms with Crippen LogP contribution in [0.25, 0.3) is 0 Å². The van der Waals surface area contributed by atoms with Crippen molar-refractivity contribution in [1.82, 2.24) is 5.32 Å². The Morgan fingerprint density at radius 3 is 2.73 bits per heavy atom. The molecule has 0 bridgehead atoms. The fourth-order valence-electron chi connectivity index (χ4n) is 1.51. The first-order valence-corrected chi connectivity index (χ1v) is 6.34. The third-order valence-corrected chi connectivity index (χ3v) is 3.79. The largest absolute Gasteiger partial charge is 0.309 e. The highest BCUT2D eigenvalue weighted by Gasteiger charge is 2.09. The summed E-state index contributed by atoms with van der Waals surface area (Å²) in [6, 6.07) is 4.93. The quantitative estimate of drug-likeness (QED) is 0.724. The number of nitrogens with one attached hydrogen (secondary N) is 1. The zero-order valence-electron chi connectivity index (χ0n) is 9.92. The van der Waals surface area contributed by atoms with Crippen molar-refractivity contribution < 1.29 is 0 Å². The molecule has 0 aliphatic rings. The minimum Gasteiger partial charge on any atom is -0.309 e. The van der Waals surface area contributed by atoms with Crippen LogP contribution in [0.1, 0.15) is 30.0 Å². The Balaban J connectivity index is 2.33. The normalized spacial score (nSPS) is 14.9. The molecule has 1 aromatic heterocycles. The van der Waals surface area contributed by atoms with Gasteiger partial charge in [0.15, 0.2) is 0 Å². The molecule has 0 saturated carbocycles.